The summed E-state index contributed by atoms with van der Waals surface area (Å²) >= 11 is 0. The van der Waals surface area contributed by atoms with Crippen LogP contribution in [0.3, 0.4) is 0 Å². The van der Waals surface area contributed by atoms with Crippen LogP contribution >= 0.6 is 0 Å². The van der Waals surface area contributed by atoms with Crippen molar-refractivity contribution in [2.45, 2.75) is 6.36 Å². The SMILES string of the molecule is FC(F)(F)O[B]c1ccccc1.O.O. The third-order valence-corrected chi connectivity index (χ3v) is 1.13. The zero-order valence-corrected chi connectivity index (χ0v) is 7.01. The molecule has 0 spiro atoms. The normalized spacial score (nSPS) is 9.64. The fourth-order valence-electron chi connectivity index (χ4n) is 0.666. The molecule has 0 amide bonds. The van der Waals surface area contributed by atoms with Gasteiger partial charge in [0, 0.05) is 0 Å². The molecular weight excluding hydrogens is 200 g/mol. The quantitative estimate of drug-likeness (QED) is 0.622. The number of alkyl halides is 3. The lowest BCUT2D eigenvalue weighted by atomic mass is 9.88. The van der Waals surface area contributed by atoms with Gasteiger partial charge >= 0.3 is 13.8 Å². The van der Waals surface area contributed by atoms with Gasteiger partial charge in [0.2, 0.25) is 0 Å². The molecule has 7 heteroatoms. The Kier molecular flexibility index (Phi) is 7.07. The van der Waals surface area contributed by atoms with E-state index in [0.717, 1.165) is 0 Å². The fraction of sp³-hybridized carbons (Fsp3) is 0.143. The van der Waals surface area contributed by atoms with Crippen LogP contribution in [0.2, 0.25) is 0 Å². The second-order valence-electron chi connectivity index (χ2n) is 2.09. The average Bonchev–Trinajstić information content (AvgIpc) is 2.02. The van der Waals surface area contributed by atoms with E-state index in [1.807, 2.05) is 0 Å². The first kappa shape index (κ1) is 15.4. The van der Waals surface area contributed by atoms with Crippen molar-refractivity contribution in [3.05, 3.63) is 30.3 Å². The van der Waals surface area contributed by atoms with E-state index in [2.05, 4.69) is 4.65 Å². The maximum atomic E-state index is 11.5. The Morgan fingerprint density at radius 1 is 1.00 bits per heavy atom. The Morgan fingerprint density at radius 3 is 1.93 bits per heavy atom. The predicted octanol–water partition coefficient (Wildman–Crippen LogP) is -0.182. The summed E-state index contributed by atoms with van der Waals surface area (Å²) in [5.41, 5.74) is 0.384. The summed E-state index contributed by atoms with van der Waals surface area (Å²) in [4.78, 5) is 0. The van der Waals surface area contributed by atoms with Gasteiger partial charge in [0.15, 0.2) is 0 Å². The van der Waals surface area contributed by atoms with Crippen molar-refractivity contribution in [3.8, 4) is 0 Å². The molecular formula is C7H9BF3O3. The zero-order valence-electron chi connectivity index (χ0n) is 7.01. The van der Waals surface area contributed by atoms with Gasteiger partial charge in [0.05, 0.1) is 0 Å². The van der Waals surface area contributed by atoms with E-state index in [0.29, 0.717) is 12.9 Å². The predicted molar refractivity (Wildman–Crippen MR) is 46.2 cm³/mol. The highest BCUT2D eigenvalue weighted by atomic mass is 19.4. The van der Waals surface area contributed by atoms with E-state index < -0.39 is 6.36 Å². The minimum atomic E-state index is -4.60. The molecule has 0 aliphatic rings. The van der Waals surface area contributed by atoms with Crippen LogP contribution in [-0.2, 0) is 4.65 Å². The van der Waals surface area contributed by atoms with Crippen molar-refractivity contribution >= 4 is 12.9 Å². The Morgan fingerprint density at radius 2 is 1.50 bits per heavy atom. The molecule has 0 aromatic heterocycles. The van der Waals surface area contributed by atoms with Crippen LogP contribution in [0.15, 0.2) is 30.3 Å². The summed E-state index contributed by atoms with van der Waals surface area (Å²) in [5.74, 6) is 0. The third-order valence-electron chi connectivity index (χ3n) is 1.13. The van der Waals surface area contributed by atoms with Crippen molar-refractivity contribution in [1.82, 2.24) is 0 Å². The number of hydrogen-bond donors (Lipinski definition) is 0. The molecule has 1 aromatic carbocycles. The summed E-state index contributed by atoms with van der Waals surface area (Å²) in [7, 11) is 0.667. The topological polar surface area (TPSA) is 72.2 Å². The van der Waals surface area contributed by atoms with Crippen molar-refractivity contribution in [1.29, 1.82) is 0 Å². The van der Waals surface area contributed by atoms with E-state index in [4.69, 9.17) is 0 Å². The zero-order chi connectivity index (χ0) is 9.03. The molecule has 0 bridgehead atoms. The van der Waals surface area contributed by atoms with Crippen molar-refractivity contribution in [2.75, 3.05) is 0 Å². The van der Waals surface area contributed by atoms with Gasteiger partial charge in [-0.3, -0.25) is 0 Å². The second kappa shape index (κ2) is 6.42. The van der Waals surface area contributed by atoms with Gasteiger partial charge in [0.25, 0.3) is 0 Å². The Labute approximate surface area is 79.4 Å². The van der Waals surface area contributed by atoms with Crippen LogP contribution in [0.4, 0.5) is 13.2 Å². The van der Waals surface area contributed by atoms with Crippen LogP contribution in [0.1, 0.15) is 0 Å². The lowest BCUT2D eigenvalue weighted by molar-refractivity contribution is -0.275. The molecule has 0 heterocycles. The van der Waals surface area contributed by atoms with Gasteiger partial charge in [-0.2, -0.15) is 0 Å². The van der Waals surface area contributed by atoms with Gasteiger partial charge in [0.1, 0.15) is 0 Å². The molecule has 1 rings (SSSR count). The van der Waals surface area contributed by atoms with Crippen LogP contribution in [0, 0.1) is 0 Å². The Bertz CT molecular complexity index is 240. The van der Waals surface area contributed by atoms with Gasteiger partial charge < -0.3 is 15.6 Å². The average molecular weight is 209 g/mol. The lowest BCUT2D eigenvalue weighted by Gasteiger charge is -2.05. The highest BCUT2D eigenvalue weighted by Crippen LogP contribution is 2.14. The van der Waals surface area contributed by atoms with Crippen LogP contribution in [0.5, 0.6) is 0 Å². The molecule has 0 saturated carbocycles. The molecule has 0 fully saturated rings. The Hall–Kier alpha value is -1.05. The smallest absolute Gasteiger partial charge is 0.412 e. The minimum Gasteiger partial charge on any atom is -0.412 e. The molecule has 0 aliphatic carbocycles. The molecule has 4 N–H and O–H groups in total. The molecule has 1 aromatic rings. The van der Waals surface area contributed by atoms with E-state index >= 15 is 0 Å². The van der Waals surface area contributed by atoms with Crippen molar-refractivity contribution in [2.24, 2.45) is 0 Å². The first-order chi connectivity index (χ1) is 5.58. The van der Waals surface area contributed by atoms with Crippen LogP contribution in [-0.4, -0.2) is 24.8 Å². The molecule has 14 heavy (non-hydrogen) atoms. The summed E-state index contributed by atoms with van der Waals surface area (Å²) in [6.07, 6.45) is -4.60. The second-order valence-corrected chi connectivity index (χ2v) is 2.09. The number of rotatable bonds is 2. The van der Waals surface area contributed by atoms with E-state index in [-0.39, 0.29) is 11.0 Å². The summed E-state index contributed by atoms with van der Waals surface area (Å²) in [6, 6.07) is 8.01. The van der Waals surface area contributed by atoms with E-state index in [9.17, 15) is 13.2 Å². The van der Waals surface area contributed by atoms with Gasteiger partial charge in [-0.1, -0.05) is 35.8 Å². The monoisotopic (exact) mass is 209 g/mol. The summed E-state index contributed by atoms with van der Waals surface area (Å²) in [5, 5.41) is 0. The number of halogens is 3. The maximum absolute atomic E-state index is 11.5. The number of benzene rings is 1. The number of hydrogen-bond acceptors (Lipinski definition) is 1. The fourth-order valence-corrected chi connectivity index (χ4v) is 0.666. The highest BCUT2D eigenvalue weighted by Gasteiger charge is 2.28. The first-order valence-corrected chi connectivity index (χ1v) is 3.21. The minimum absolute atomic E-state index is 0. The molecule has 3 nitrogen and oxygen atoms in total. The molecule has 0 aliphatic heterocycles. The molecule has 1 radical (unpaired) electrons. The van der Waals surface area contributed by atoms with Crippen LogP contribution in [0.25, 0.3) is 0 Å². The molecule has 0 saturated heterocycles. The molecule has 79 valence electrons. The first-order valence-electron chi connectivity index (χ1n) is 3.21. The molecule has 0 unspecified atom stereocenters. The standard InChI is InChI=1S/C7H5BF3O.2H2O/c9-7(10,11)12-8-6-4-2-1-3-5-6;;/h1-5H;2*1H2. The molecule has 0 atom stereocenters. The maximum Gasteiger partial charge on any atom is 0.508 e. The Balaban J connectivity index is 0. The van der Waals surface area contributed by atoms with E-state index in [1.54, 1.807) is 18.2 Å². The van der Waals surface area contributed by atoms with Gasteiger partial charge in [-0.15, -0.1) is 13.2 Å². The van der Waals surface area contributed by atoms with Crippen molar-refractivity contribution < 1.29 is 28.8 Å². The van der Waals surface area contributed by atoms with Crippen LogP contribution < -0.4 is 5.46 Å². The third kappa shape index (κ3) is 6.47. The largest absolute Gasteiger partial charge is 0.508 e. The highest BCUT2D eigenvalue weighted by molar-refractivity contribution is 6.46. The van der Waals surface area contributed by atoms with Gasteiger partial charge in [-0.25, -0.2) is 0 Å². The summed E-state index contributed by atoms with van der Waals surface area (Å²) < 4.78 is 38.0. The van der Waals surface area contributed by atoms with Crippen molar-refractivity contribution in [3.63, 3.8) is 0 Å². The van der Waals surface area contributed by atoms with E-state index in [1.165, 1.54) is 12.1 Å². The lowest BCUT2D eigenvalue weighted by Crippen LogP contribution is -2.25. The van der Waals surface area contributed by atoms with Gasteiger partial charge in [-0.05, 0) is 0 Å². The summed E-state index contributed by atoms with van der Waals surface area (Å²) in [6.45, 7) is 0.